The van der Waals surface area contributed by atoms with Gasteiger partial charge in [0.05, 0.1) is 23.5 Å². The molecular weight excluding hydrogens is 406 g/mol. The molecule has 2 aromatic heterocycles. The summed E-state index contributed by atoms with van der Waals surface area (Å²) in [6, 6.07) is 10.9. The Labute approximate surface area is 165 Å². The molecule has 2 heterocycles. The fourth-order valence-electron chi connectivity index (χ4n) is 2.29. The van der Waals surface area contributed by atoms with Crippen LogP contribution in [0.4, 0.5) is 13.2 Å². The molecule has 0 saturated heterocycles. The van der Waals surface area contributed by atoms with Gasteiger partial charge in [-0.2, -0.15) is 13.2 Å². The van der Waals surface area contributed by atoms with Crippen LogP contribution in [0.1, 0.15) is 22.9 Å². The van der Waals surface area contributed by atoms with Gasteiger partial charge >= 0.3 is 6.18 Å². The van der Waals surface area contributed by atoms with Crippen LogP contribution in [0.5, 0.6) is 0 Å². The summed E-state index contributed by atoms with van der Waals surface area (Å²) in [6.45, 7) is 0. The molecule has 3 aromatic rings. The number of halogens is 5. The van der Waals surface area contributed by atoms with E-state index in [-0.39, 0.29) is 30.7 Å². The molecule has 1 unspecified atom stereocenters. The van der Waals surface area contributed by atoms with Crippen LogP contribution < -0.4 is 0 Å². The summed E-state index contributed by atoms with van der Waals surface area (Å²) in [6.07, 6.45) is 0.762. The zero-order valence-electron chi connectivity index (χ0n) is 13.3. The van der Waals surface area contributed by atoms with Crippen molar-refractivity contribution in [2.45, 2.75) is 17.0 Å². The lowest BCUT2D eigenvalue weighted by molar-refractivity contribution is -0.137. The first-order valence-corrected chi connectivity index (χ1v) is 8.22. The average Bonchev–Trinajstić information content (AvgIpc) is 3.10. The van der Waals surface area contributed by atoms with Gasteiger partial charge in [-0.3, -0.25) is 4.98 Å². The Morgan fingerprint density at radius 1 is 1.04 bits per heavy atom. The molecule has 3 nitrogen and oxygen atoms in total. The number of nitrogens with zero attached hydrogens (tertiary/aromatic N) is 2. The van der Waals surface area contributed by atoms with Crippen LogP contribution in [0, 0.1) is 0 Å². The van der Waals surface area contributed by atoms with E-state index in [0.29, 0.717) is 5.75 Å². The van der Waals surface area contributed by atoms with Crippen LogP contribution in [-0.4, -0.2) is 20.7 Å². The molecule has 26 heavy (non-hydrogen) atoms. The first-order chi connectivity index (χ1) is 11.5. The van der Waals surface area contributed by atoms with Crippen molar-refractivity contribution >= 4 is 36.6 Å². The number of hydrogen-bond acceptors (Lipinski definition) is 3. The van der Waals surface area contributed by atoms with Gasteiger partial charge in [-0.25, -0.2) is 4.98 Å². The Balaban J connectivity index is 0.00000169. The van der Waals surface area contributed by atoms with Gasteiger partial charge in [0.25, 0.3) is 0 Å². The summed E-state index contributed by atoms with van der Waals surface area (Å²) >= 11 is 1.49. The lowest BCUT2D eigenvalue weighted by atomic mass is 10.0. The summed E-state index contributed by atoms with van der Waals surface area (Å²) in [5, 5.41) is 0. The number of pyridine rings is 1. The third-order valence-corrected chi connectivity index (χ3v) is 4.64. The topological polar surface area (TPSA) is 41.6 Å². The molecule has 0 amide bonds. The van der Waals surface area contributed by atoms with Crippen LogP contribution in [0.25, 0.3) is 0 Å². The second-order valence-electron chi connectivity index (χ2n) is 5.15. The quantitative estimate of drug-likeness (QED) is 0.545. The number of benzene rings is 1. The minimum absolute atomic E-state index is 0. The van der Waals surface area contributed by atoms with Gasteiger partial charge in [-0.05, 0) is 36.4 Å². The lowest BCUT2D eigenvalue weighted by Crippen LogP contribution is -2.07. The van der Waals surface area contributed by atoms with Crippen molar-refractivity contribution in [3.63, 3.8) is 0 Å². The molecule has 9 heteroatoms. The highest BCUT2D eigenvalue weighted by Crippen LogP contribution is 2.33. The highest BCUT2D eigenvalue weighted by atomic mass is 35.5. The van der Waals surface area contributed by atoms with Crippen molar-refractivity contribution < 1.29 is 13.2 Å². The maximum absolute atomic E-state index is 12.6. The largest absolute Gasteiger partial charge is 0.416 e. The number of imidazole rings is 1. The van der Waals surface area contributed by atoms with E-state index >= 15 is 0 Å². The number of aromatic amines is 1. The average molecular weight is 422 g/mol. The van der Waals surface area contributed by atoms with Crippen LogP contribution in [0.15, 0.2) is 66.1 Å². The van der Waals surface area contributed by atoms with E-state index in [1.165, 1.54) is 23.9 Å². The van der Waals surface area contributed by atoms with E-state index in [2.05, 4.69) is 15.0 Å². The molecule has 1 N–H and O–H groups in total. The van der Waals surface area contributed by atoms with Crippen molar-refractivity contribution in [2.75, 3.05) is 5.75 Å². The van der Waals surface area contributed by atoms with Crippen LogP contribution in [0.2, 0.25) is 0 Å². The van der Waals surface area contributed by atoms with Gasteiger partial charge in [0, 0.05) is 28.7 Å². The number of aromatic nitrogens is 3. The maximum atomic E-state index is 12.6. The first-order valence-electron chi connectivity index (χ1n) is 7.23. The van der Waals surface area contributed by atoms with Gasteiger partial charge in [0.1, 0.15) is 0 Å². The molecule has 1 aromatic carbocycles. The van der Waals surface area contributed by atoms with E-state index in [1.54, 1.807) is 18.7 Å². The highest BCUT2D eigenvalue weighted by molar-refractivity contribution is 7.99. The van der Waals surface area contributed by atoms with Crippen molar-refractivity contribution in [1.29, 1.82) is 0 Å². The molecule has 0 aliphatic heterocycles. The molecule has 3 rings (SSSR count). The van der Waals surface area contributed by atoms with Gasteiger partial charge < -0.3 is 4.98 Å². The third-order valence-electron chi connectivity index (χ3n) is 3.54. The van der Waals surface area contributed by atoms with Crippen LogP contribution in [0.3, 0.4) is 0 Å². The molecule has 0 bridgehead atoms. The Morgan fingerprint density at radius 3 is 2.31 bits per heavy atom. The van der Waals surface area contributed by atoms with Crippen LogP contribution >= 0.6 is 36.6 Å². The molecule has 1 atom stereocenters. The fraction of sp³-hybridized carbons (Fsp3) is 0.176. The van der Waals surface area contributed by atoms with Gasteiger partial charge in [-0.1, -0.05) is 6.07 Å². The Morgan fingerprint density at radius 2 is 1.77 bits per heavy atom. The SMILES string of the molecule is Cl.Cl.FC(F)(F)c1ccc(SCC(c2ccccn2)c2cnc[nH]2)cc1. The summed E-state index contributed by atoms with van der Waals surface area (Å²) < 4.78 is 37.8. The predicted molar refractivity (Wildman–Crippen MR) is 101 cm³/mol. The summed E-state index contributed by atoms with van der Waals surface area (Å²) in [7, 11) is 0. The highest BCUT2D eigenvalue weighted by Gasteiger charge is 2.30. The number of rotatable bonds is 5. The number of H-pyrrole nitrogens is 1. The predicted octanol–water partition coefficient (Wildman–Crippen LogP) is 5.59. The standard InChI is InChI=1S/C17H14F3N3S.2ClH/c18-17(19,20)12-4-6-13(7-5-12)24-10-14(16-9-21-11-23-16)15-3-1-2-8-22-15;;/h1-9,11,14H,10H2,(H,21,23);2*1H. The van der Waals surface area contributed by atoms with Crippen molar-refractivity contribution in [3.05, 3.63) is 78.1 Å². The van der Waals surface area contributed by atoms with E-state index < -0.39 is 11.7 Å². The maximum Gasteiger partial charge on any atom is 0.416 e. The van der Waals surface area contributed by atoms with Crippen molar-refractivity contribution in [2.24, 2.45) is 0 Å². The minimum atomic E-state index is -4.31. The van der Waals surface area contributed by atoms with Crippen LogP contribution in [-0.2, 0) is 6.18 Å². The number of alkyl halides is 3. The second kappa shape index (κ2) is 9.85. The summed E-state index contributed by atoms with van der Waals surface area (Å²) in [5.41, 5.74) is 1.18. The normalized spacial score (nSPS) is 12.0. The fourth-order valence-corrected chi connectivity index (χ4v) is 3.33. The summed E-state index contributed by atoms with van der Waals surface area (Å²) in [5.74, 6) is 0.630. The van der Waals surface area contributed by atoms with E-state index in [4.69, 9.17) is 0 Å². The minimum Gasteiger partial charge on any atom is -0.348 e. The first kappa shape index (κ1) is 22.3. The monoisotopic (exact) mass is 421 g/mol. The number of thioether (sulfide) groups is 1. The van der Waals surface area contributed by atoms with Gasteiger partial charge in [0.2, 0.25) is 0 Å². The number of nitrogens with one attached hydrogen (secondary N) is 1. The van der Waals surface area contributed by atoms with Crippen molar-refractivity contribution in [3.8, 4) is 0 Å². The zero-order chi connectivity index (χ0) is 17.0. The van der Waals surface area contributed by atoms with E-state index in [1.807, 2.05) is 18.2 Å². The summed E-state index contributed by atoms with van der Waals surface area (Å²) in [4.78, 5) is 12.3. The zero-order valence-corrected chi connectivity index (χ0v) is 15.8. The Kier molecular flexibility index (Phi) is 8.46. The molecule has 140 valence electrons. The lowest BCUT2D eigenvalue weighted by Gasteiger charge is -2.15. The molecule has 0 spiro atoms. The Hall–Kier alpha value is -1.70. The molecule has 0 aliphatic rings. The van der Waals surface area contributed by atoms with E-state index in [0.717, 1.165) is 28.4 Å². The number of hydrogen-bond donors (Lipinski definition) is 1. The van der Waals surface area contributed by atoms with Gasteiger partial charge in [0.15, 0.2) is 0 Å². The molecule has 0 saturated carbocycles. The Bertz CT molecular complexity index is 766. The van der Waals surface area contributed by atoms with Gasteiger partial charge in [-0.15, -0.1) is 36.6 Å². The molecule has 0 radical (unpaired) electrons. The molecule has 0 aliphatic carbocycles. The smallest absolute Gasteiger partial charge is 0.348 e. The molecule has 0 fully saturated rings. The second-order valence-corrected chi connectivity index (χ2v) is 6.24. The van der Waals surface area contributed by atoms with E-state index in [9.17, 15) is 13.2 Å². The third kappa shape index (κ3) is 5.65. The van der Waals surface area contributed by atoms with Crippen molar-refractivity contribution in [1.82, 2.24) is 15.0 Å². The molecular formula is C17H16Cl2F3N3S.